The van der Waals surface area contributed by atoms with Gasteiger partial charge in [0.2, 0.25) is 0 Å². The Morgan fingerprint density at radius 3 is 2.14 bits per heavy atom. The largest absolute Gasteiger partial charge is 0.478 e. The molecule has 2 N–H and O–H groups in total. The summed E-state index contributed by atoms with van der Waals surface area (Å²) in [5.41, 5.74) is 5.05. The lowest BCUT2D eigenvalue weighted by Crippen LogP contribution is -2.00. The van der Waals surface area contributed by atoms with Gasteiger partial charge in [-0.05, 0) is 11.6 Å². The van der Waals surface area contributed by atoms with Crippen LogP contribution in [0.2, 0.25) is 0 Å². The van der Waals surface area contributed by atoms with Gasteiger partial charge in [0.25, 0.3) is 0 Å². The van der Waals surface area contributed by atoms with Gasteiger partial charge in [-0.25, -0.2) is 9.78 Å². The number of aromatic amines is 1. The standard InChI is InChI=1S/C23H18N2O2S/c26-22(27)19-14-8-7-13-18(19)15-28-23-24-20(16-9-3-1-4-10-16)21(25-23)17-11-5-2-6-12-17/h1-14H,15H2,(H,24,25)(H,26,27). The molecule has 28 heavy (non-hydrogen) atoms. The first kappa shape index (κ1) is 18.1. The fourth-order valence-electron chi connectivity index (χ4n) is 3.04. The monoisotopic (exact) mass is 386 g/mol. The number of rotatable bonds is 6. The number of benzene rings is 3. The molecule has 0 aliphatic rings. The van der Waals surface area contributed by atoms with Crippen LogP contribution in [0.5, 0.6) is 0 Å². The molecule has 4 nitrogen and oxygen atoms in total. The van der Waals surface area contributed by atoms with Gasteiger partial charge in [-0.3, -0.25) is 0 Å². The van der Waals surface area contributed by atoms with Gasteiger partial charge in [-0.15, -0.1) is 0 Å². The molecule has 1 aromatic heterocycles. The predicted molar refractivity (Wildman–Crippen MR) is 112 cm³/mol. The van der Waals surface area contributed by atoms with E-state index in [0.717, 1.165) is 33.2 Å². The number of nitrogens with zero attached hydrogens (tertiary/aromatic N) is 1. The molecule has 0 radical (unpaired) electrons. The SMILES string of the molecule is O=C(O)c1ccccc1CSc1nc(-c2ccccc2)c(-c2ccccc2)[nH]1. The highest BCUT2D eigenvalue weighted by molar-refractivity contribution is 7.98. The van der Waals surface area contributed by atoms with Gasteiger partial charge >= 0.3 is 5.97 Å². The van der Waals surface area contributed by atoms with Crippen LogP contribution in [0.4, 0.5) is 0 Å². The Morgan fingerprint density at radius 1 is 0.857 bits per heavy atom. The first-order valence-electron chi connectivity index (χ1n) is 8.87. The van der Waals surface area contributed by atoms with E-state index in [0.29, 0.717) is 11.3 Å². The van der Waals surface area contributed by atoms with Crippen LogP contribution in [0.15, 0.2) is 90.1 Å². The van der Waals surface area contributed by atoms with E-state index >= 15 is 0 Å². The molecule has 0 aliphatic heterocycles. The average Bonchev–Trinajstić information content (AvgIpc) is 3.18. The number of carboxylic acid groups (broad SMARTS) is 1. The highest BCUT2D eigenvalue weighted by Crippen LogP contribution is 2.33. The highest BCUT2D eigenvalue weighted by Gasteiger charge is 2.15. The van der Waals surface area contributed by atoms with Crippen molar-refractivity contribution in [1.82, 2.24) is 9.97 Å². The molecule has 138 valence electrons. The van der Waals surface area contributed by atoms with Crippen molar-refractivity contribution >= 4 is 17.7 Å². The van der Waals surface area contributed by atoms with Crippen molar-refractivity contribution in [3.05, 3.63) is 96.1 Å². The maximum absolute atomic E-state index is 11.4. The zero-order chi connectivity index (χ0) is 19.3. The van der Waals surface area contributed by atoms with Crippen LogP contribution in [0, 0.1) is 0 Å². The Labute approximate surface area is 167 Å². The van der Waals surface area contributed by atoms with E-state index in [9.17, 15) is 9.90 Å². The summed E-state index contributed by atoms with van der Waals surface area (Å²) in [4.78, 5) is 19.7. The van der Waals surface area contributed by atoms with Crippen molar-refractivity contribution in [3.8, 4) is 22.5 Å². The van der Waals surface area contributed by atoms with Gasteiger partial charge in [0.1, 0.15) is 0 Å². The second-order valence-electron chi connectivity index (χ2n) is 6.25. The smallest absolute Gasteiger partial charge is 0.335 e. The van der Waals surface area contributed by atoms with Gasteiger partial charge in [0, 0.05) is 16.9 Å². The maximum atomic E-state index is 11.4. The summed E-state index contributed by atoms with van der Waals surface area (Å²) in [5, 5.41) is 10.1. The van der Waals surface area contributed by atoms with Crippen molar-refractivity contribution in [2.24, 2.45) is 0 Å². The molecule has 0 fully saturated rings. The molecule has 0 atom stereocenters. The number of thioether (sulfide) groups is 1. The average molecular weight is 386 g/mol. The van der Waals surface area contributed by atoms with Crippen molar-refractivity contribution in [2.45, 2.75) is 10.9 Å². The van der Waals surface area contributed by atoms with E-state index in [2.05, 4.69) is 4.98 Å². The van der Waals surface area contributed by atoms with E-state index in [1.54, 1.807) is 12.1 Å². The number of aromatic nitrogens is 2. The molecule has 0 spiro atoms. The summed E-state index contributed by atoms with van der Waals surface area (Å²) < 4.78 is 0. The molecule has 0 aliphatic carbocycles. The summed E-state index contributed by atoms with van der Waals surface area (Å²) in [7, 11) is 0. The third-order valence-corrected chi connectivity index (χ3v) is 5.33. The molecule has 0 saturated heterocycles. The van der Waals surface area contributed by atoms with Crippen LogP contribution in [0.1, 0.15) is 15.9 Å². The minimum absolute atomic E-state index is 0.327. The Hall–Kier alpha value is -3.31. The molecule has 0 bridgehead atoms. The van der Waals surface area contributed by atoms with Crippen molar-refractivity contribution in [3.63, 3.8) is 0 Å². The summed E-state index contributed by atoms with van der Waals surface area (Å²) in [6, 6.07) is 27.2. The van der Waals surface area contributed by atoms with Gasteiger partial charge in [0.05, 0.1) is 17.0 Å². The zero-order valence-corrected chi connectivity index (χ0v) is 15.8. The second-order valence-corrected chi connectivity index (χ2v) is 7.21. The van der Waals surface area contributed by atoms with E-state index in [1.165, 1.54) is 11.8 Å². The fraction of sp³-hybridized carbons (Fsp3) is 0.0435. The number of aromatic carboxylic acids is 1. The Bertz CT molecular complexity index is 1040. The van der Waals surface area contributed by atoms with Crippen molar-refractivity contribution < 1.29 is 9.90 Å². The maximum Gasteiger partial charge on any atom is 0.335 e. The van der Waals surface area contributed by atoms with Crippen LogP contribution in [0.3, 0.4) is 0 Å². The van der Waals surface area contributed by atoms with Gasteiger partial charge in [0.15, 0.2) is 5.16 Å². The van der Waals surface area contributed by atoms with Gasteiger partial charge < -0.3 is 10.1 Å². The van der Waals surface area contributed by atoms with E-state index < -0.39 is 5.97 Å². The lowest BCUT2D eigenvalue weighted by Gasteiger charge is -2.04. The highest BCUT2D eigenvalue weighted by atomic mass is 32.2. The molecule has 0 unspecified atom stereocenters. The van der Waals surface area contributed by atoms with E-state index in [1.807, 2.05) is 72.8 Å². The molecule has 4 aromatic rings. The van der Waals surface area contributed by atoms with Gasteiger partial charge in [-0.2, -0.15) is 0 Å². The van der Waals surface area contributed by atoms with Crippen LogP contribution in [-0.2, 0) is 5.75 Å². The number of nitrogens with one attached hydrogen (secondary N) is 1. The lowest BCUT2D eigenvalue weighted by atomic mass is 10.1. The molecule has 3 aromatic carbocycles. The third kappa shape index (κ3) is 3.85. The Kier molecular flexibility index (Phi) is 5.26. The first-order valence-corrected chi connectivity index (χ1v) is 9.86. The molecular weight excluding hydrogens is 368 g/mol. The lowest BCUT2D eigenvalue weighted by molar-refractivity contribution is 0.0696. The molecular formula is C23H18N2O2S. The third-order valence-electron chi connectivity index (χ3n) is 4.40. The number of carboxylic acids is 1. The summed E-state index contributed by atoms with van der Waals surface area (Å²) >= 11 is 1.50. The Morgan fingerprint density at radius 2 is 1.46 bits per heavy atom. The summed E-state index contributed by atoms with van der Waals surface area (Å²) in [5.74, 6) is -0.385. The topological polar surface area (TPSA) is 66.0 Å². The summed E-state index contributed by atoms with van der Waals surface area (Å²) in [6.07, 6.45) is 0. The van der Waals surface area contributed by atoms with Crippen LogP contribution < -0.4 is 0 Å². The van der Waals surface area contributed by atoms with Crippen LogP contribution in [0.25, 0.3) is 22.5 Å². The van der Waals surface area contributed by atoms with Gasteiger partial charge in [-0.1, -0.05) is 90.6 Å². The van der Waals surface area contributed by atoms with Crippen LogP contribution in [-0.4, -0.2) is 21.0 Å². The molecule has 4 rings (SSSR count). The Balaban J connectivity index is 1.68. The van der Waals surface area contributed by atoms with E-state index in [-0.39, 0.29) is 0 Å². The number of carbonyl (C=O) groups is 1. The number of H-pyrrole nitrogens is 1. The van der Waals surface area contributed by atoms with E-state index in [4.69, 9.17) is 4.98 Å². The first-order chi connectivity index (χ1) is 13.7. The molecule has 0 amide bonds. The van der Waals surface area contributed by atoms with Crippen molar-refractivity contribution in [2.75, 3.05) is 0 Å². The summed E-state index contributed by atoms with van der Waals surface area (Å²) in [6.45, 7) is 0. The molecule has 0 saturated carbocycles. The number of hydrogen-bond donors (Lipinski definition) is 2. The fourth-order valence-corrected chi connectivity index (χ4v) is 3.91. The number of hydrogen-bond acceptors (Lipinski definition) is 3. The minimum Gasteiger partial charge on any atom is -0.478 e. The van der Waals surface area contributed by atoms with Crippen LogP contribution >= 0.6 is 11.8 Å². The predicted octanol–water partition coefficient (Wildman–Crippen LogP) is 5.73. The minimum atomic E-state index is -0.911. The zero-order valence-electron chi connectivity index (χ0n) is 15.0. The second kappa shape index (κ2) is 8.15. The number of imidazole rings is 1. The normalized spacial score (nSPS) is 10.7. The quantitative estimate of drug-likeness (QED) is 0.415. The molecule has 1 heterocycles. The molecule has 5 heteroatoms. The van der Waals surface area contributed by atoms with Crippen molar-refractivity contribution in [1.29, 1.82) is 0 Å².